The number of carbonyl (C=O) groups is 1. The number of sulfone groups is 1. The molecule has 1 amide bonds. The molecular formula is C31H29F5N4O3S. The number of nitriles is 2. The third-order valence-corrected chi connectivity index (χ3v) is 7.77. The van der Waals surface area contributed by atoms with Gasteiger partial charge in [0.15, 0.2) is 9.84 Å². The summed E-state index contributed by atoms with van der Waals surface area (Å²) in [6.45, 7) is 2.19. The van der Waals surface area contributed by atoms with E-state index in [-0.39, 0.29) is 28.0 Å². The van der Waals surface area contributed by atoms with Gasteiger partial charge in [0.1, 0.15) is 23.6 Å². The zero-order valence-corrected chi connectivity index (χ0v) is 24.7. The van der Waals surface area contributed by atoms with Gasteiger partial charge in [-0.2, -0.15) is 23.7 Å². The van der Waals surface area contributed by atoms with Gasteiger partial charge in [-0.25, -0.2) is 17.2 Å². The first-order chi connectivity index (χ1) is 20.4. The van der Waals surface area contributed by atoms with Gasteiger partial charge >= 0.3 is 6.18 Å². The van der Waals surface area contributed by atoms with E-state index in [1.165, 1.54) is 60.7 Å². The van der Waals surface area contributed by atoms with Gasteiger partial charge in [0.2, 0.25) is 5.91 Å². The quantitative estimate of drug-likeness (QED) is 0.261. The van der Waals surface area contributed by atoms with Crippen molar-refractivity contribution < 1.29 is 35.2 Å². The van der Waals surface area contributed by atoms with E-state index in [0.717, 1.165) is 26.2 Å². The minimum Gasteiger partial charge on any atom is -0.339 e. The van der Waals surface area contributed by atoms with E-state index in [9.17, 15) is 40.4 Å². The van der Waals surface area contributed by atoms with Crippen molar-refractivity contribution >= 4 is 15.7 Å². The van der Waals surface area contributed by atoms with E-state index in [1.54, 1.807) is 12.1 Å². The summed E-state index contributed by atoms with van der Waals surface area (Å²) < 4.78 is 95.4. The van der Waals surface area contributed by atoms with Crippen LogP contribution in [0.2, 0.25) is 0 Å². The fourth-order valence-corrected chi connectivity index (χ4v) is 5.09. The summed E-state index contributed by atoms with van der Waals surface area (Å²) in [7, 11) is -3.44. The highest BCUT2D eigenvalue weighted by Crippen LogP contribution is 2.35. The molecule has 3 aromatic carbocycles. The second kappa shape index (κ2) is 13.5. The summed E-state index contributed by atoms with van der Waals surface area (Å²) in [5.41, 5.74) is -1.28. The van der Waals surface area contributed by atoms with Crippen molar-refractivity contribution in [3.05, 3.63) is 89.2 Å². The number of carbonyl (C=O) groups excluding carboxylic acids is 1. The van der Waals surface area contributed by atoms with Crippen molar-refractivity contribution in [2.24, 2.45) is 0 Å². The number of nitrogens with one attached hydrogen (secondary N) is 2. The van der Waals surface area contributed by atoms with E-state index in [0.29, 0.717) is 11.1 Å². The fourth-order valence-electron chi connectivity index (χ4n) is 4.46. The lowest BCUT2D eigenvalue weighted by Crippen LogP contribution is -2.53. The van der Waals surface area contributed by atoms with Gasteiger partial charge in [0.05, 0.1) is 28.6 Å². The molecule has 44 heavy (non-hydrogen) atoms. The van der Waals surface area contributed by atoms with Crippen molar-refractivity contribution in [2.45, 2.75) is 61.6 Å². The minimum atomic E-state index is -4.92. The third-order valence-electron chi connectivity index (χ3n) is 6.64. The van der Waals surface area contributed by atoms with Crippen LogP contribution in [0.4, 0.5) is 22.0 Å². The molecule has 0 fully saturated rings. The lowest BCUT2D eigenvalue weighted by molar-refractivity contribution is -0.161. The van der Waals surface area contributed by atoms with E-state index in [2.05, 4.69) is 10.6 Å². The predicted molar refractivity (Wildman–Crippen MR) is 153 cm³/mol. The highest BCUT2D eigenvalue weighted by molar-refractivity contribution is 7.90. The molecule has 7 nitrogen and oxygen atoms in total. The molecule has 0 radical (unpaired) electrons. The Morgan fingerprint density at radius 1 is 0.932 bits per heavy atom. The molecule has 1 unspecified atom stereocenters. The summed E-state index contributed by atoms with van der Waals surface area (Å²) >= 11 is 0. The Hall–Kier alpha value is -4.33. The van der Waals surface area contributed by atoms with E-state index in [1.807, 2.05) is 0 Å². The Morgan fingerprint density at radius 3 is 1.95 bits per heavy atom. The summed E-state index contributed by atoms with van der Waals surface area (Å²) in [5, 5.41) is 22.9. The fraction of sp³-hybridized carbons (Fsp3) is 0.323. The summed E-state index contributed by atoms with van der Waals surface area (Å²) in [5.74, 6) is -1.89. The van der Waals surface area contributed by atoms with Crippen LogP contribution in [0.5, 0.6) is 0 Å². The Morgan fingerprint density at radius 2 is 1.50 bits per heavy atom. The molecule has 0 aliphatic carbocycles. The maximum Gasteiger partial charge on any atom is 0.407 e. The van der Waals surface area contributed by atoms with E-state index < -0.39 is 58.0 Å². The Kier molecular flexibility index (Phi) is 10.5. The van der Waals surface area contributed by atoms with Crippen LogP contribution in [0.1, 0.15) is 43.0 Å². The number of hydrogen-bond acceptors (Lipinski definition) is 6. The standard InChI is InChI=1S/C31H29F5N4O3S/c1-30(2,33)16-27(29(41)39-24(18-38)15-23-5-4-19(17-37)14-26(23)32)40-28(31(34,35)36)22-8-6-20(7-9-22)21-10-12-25(13-11-21)44(3,42)43/h4-14,24,27-28,40H,15-16H2,1-3H3,(H,39,41)/t24-,27?,28-/m0/s1. The molecule has 3 rings (SSSR count). The maximum absolute atomic E-state index is 14.7. The number of nitrogens with zero attached hydrogens (tertiary/aromatic N) is 2. The van der Waals surface area contributed by atoms with Crippen molar-refractivity contribution in [3.8, 4) is 23.3 Å². The lowest BCUT2D eigenvalue weighted by atomic mass is 9.96. The van der Waals surface area contributed by atoms with Crippen LogP contribution in [-0.2, 0) is 21.1 Å². The van der Waals surface area contributed by atoms with E-state index >= 15 is 0 Å². The molecule has 232 valence electrons. The first-order valence-electron chi connectivity index (χ1n) is 13.2. The molecule has 0 aliphatic rings. The predicted octanol–water partition coefficient (Wildman–Crippen LogP) is 5.72. The topological polar surface area (TPSA) is 123 Å². The number of hydrogen-bond donors (Lipinski definition) is 2. The van der Waals surface area contributed by atoms with Gasteiger partial charge in [0.25, 0.3) is 0 Å². The van der Waals surface area contributed by atoms with Crippen LogP contribution >= 0.6 is 0 Å². The Labute approximate surface area is 252 Å². The number of rotatable bonds is 11. The molecule has 0 spiro atoms. The SMILES string of the molecule is CC(C)(F)CC(N[C@@H](c1ccc(-c2ccc(S(C)(=O)=O)cc2)cc1)C(F)(F)F)C(=O)N[C@H](C#N)Cc1ccc(C#N)cc1F. The maximum atomic E-state index is 14.7. The molecular weight excluding hydrogens is 603 g/mol. The van der Waals surface area contributed by atoms with Crippen LogP contribution in [0.25, 0.3) is 11.1 Å². The number of halogens is 5. The number of amides is 1. The average molecular weight is 633 g/mol. The monoisotopic (exact) mass is 632 g/mol. The van der Waals surface area contributed by atoms with Crippen LogP contribution < -0.4 is 10.6 Å². The smallest absolute Gasteiger partial charge is 0.339 e. The molecule has 2 N–H and O–H groups in total. The summed E-state index contributed by atoms with van der Waals surface area (Å²) in [6.07, 6.45) is -4.90. The summed E-state index contributed by atoms with van der Waals surface area (Å²) in [4.78, 5) is 13.2. The second-order valence-electron chi connectivity index (χ2n) is 10.8. The Balaban J connectivity index is 1.85. The first kappa shape index (κ1) is 34.2. The van der Waals surface area contributed by atoms with Gasteiger partial charge in [-0.15, -0.1) is 0 Å². The van der Waals surface area contributed by atoms with Crippen LogP contribution in [-0.4, -0.2) is 44.5 Å². The highest BCUT2D eigenvalue weighted by atomic mass is 32.2. The van der Waals surface area contributed by atoms with Crippen LogP contribution in [0.3, 0.4) is 0 Å². The summed E-state index contributed by atoms with van der Waals surface area (Å²) in [6, 6.07) is 12.5. The Bertz CT molecular complexity index is 1670. The van der Waals surface area contributed by atoms with E-state index in [4.69, 9.17) is 5.26 Å². The highest BCUT2D eigenvalue weighted by Gasteiger charge is 2.44. The van der Waals surface area contributed by atoms with Crippen molar-refractivity contribution in [1.82, 2.24) is 10.6 Å². The zero-order chi connectivity index (χ0) is 32.9. The normalized spacial score (nSPS) is 14.1. The van der Waals surface area contributed by atoms with Crippen molar-refractivity contribution in [2.75, 3.05) is 6.26 Å². The first-order valence-corrected chi connectivity index (χ1v) is 15.1. The molecule has 0 saturated heterocycles. The largest absolute Gasteiger partial charge is 0.407 e. The van der Waals surface area contributed by atoms with Crippen molar-refractivity contribution in [3.63, 3.8) is 0 Å². The average Bonchev–Trinajstić information content (AvgIpc) is 2.94. The lowest BCUT2D eigenvalue weighted by Gasteiger charge is -2.30. The molecule has 0 aliphatic heterocycles. The molecule has 0 aromatic heterocycles. The molecule has 0 heterocycles. The van der Waals surface area contributed by atoms with Gasteiger partial charge in [-0.1, -0.05) is 42.5 Å². The van der Waals surface area contributed by atoms with Crippen molar-refractivity contribution in [1.29, 1.82) is 10.5 Å². The zero-order valence-electron chi connectivity index (χ0n) is 23.9. The van der Waals surface area contributed by atoms with Crippen LogP contribution in [0, 0.1) is 28.5 Å². The van der Waals surface area contributed by atoms with Gasteiger partial charge in [-0.05, 0) is 60.4 Å². The van der Waals surface area contributed by atoms with Crippen LogP contribution in [0.15, 0.2) is 71.6 Å². The van der Waals surface area contributed by atoms with Gasteiger partial charge < -0.3 is 5.32 Å². The second-order valence-corrected chi connectivity index (χ2v) is 12.9. The third kappa shape index (κ3) is 9.33. The molecule has 3 atom stereocenters. The molecule has 13 heteroatoms. The van der Waals surface area contributed by atoms with Gasteiger partial charge in [-0.3, -0.25) is 10.1 Å². The minimum absolute atomic E-state index is 0.00889. The number of benzene rings is 3. The molecule has 0 bridgehead atoms. The molecule has 3 aromatic rings. The van der Waals surface area contributed by atoms with Gasteiger partial charge in [0, 0.05) is 19.1 Å². The number of alkyl halides is 4. The molecule has 0 saturated carbocycles.